The van der Waals surface area contributed by atoms with Crippen LogP contribution in [0.5, 0.6) is 5.75 Å². The number of aromatic nitrogens is 1. The van der Waals surface area contributed by atoms with Crippen molar-refractivity contribution in [1.82, 2.24) is 5.16 Å². The Morgan fingerprint density at radius 2 is 2.00 bits per heavy atom. The first kappa shape index (κ1) is 16.9. The van der Waals surface area contributed by atoms with Gasteiger partial charge >= 0.3 is 6.36 Å². The molecular formula is C15H15F3N2O3. The number of para-hydroxylation sites is 2. The Morgan fingerprint density at radius 1 is 1.30 bits per heavy atom. The van der Waals surface area contributed by atoms with Gasteiger partial charge in [-0.05, 0) is 32.4 Å². The van der Waals surface area contributed by atoms with Gasteiger partial charge in [0.1, 0.15) is 5.76 Å². The molecule has 0 bridgehead atoms. The lowest BCUT2D eigenvalue weighted by atomic mass is 10.1. The van der Waals surface area contributed by atoms with Crippen LogP contribution in [-0.2, 0) is 11.2 Å². The molecule has 0 atom stereocenters. The van der Waals surface area contributed by atoms with Crippen molar-refractivity contribution in [3.05, 3.63) is 41.3 Å². The minimum atomic E-state index is -4.82. The van der Waals surface area contributed by atoms with Crippen LogP contribution in [0.1, 0.15) is 23.4 Å². The standard InChI is InChI=1S/C15H15F3N2O3/c1-9-11(10(2)23-20-9)7-8-14(21)19-12-5-3-4-6-13(12)22-15(16,17)18/h3-6H,7-8H2,1-2H3,(H,19,21). The van der Waals surface area contributed by atoms with E-state index in [1.807, 2.05) is 0 Å². The first-order valence-electron chi connectivity index (χ1n) is 6.82. The van der Waals surface area contributed by atoms with Crippen LogP contribution in [0.2, 0.25) is 0 Å². The summed E-state index contributed by atoms with van der Waals surface area (Å²) in [4.78, 5) is 11.9. The number of carbonyl (C=O) groups excluding carboxylic acids is 1. The lowest BCUT2D eigenvalue weighted by Gasteiger charge is -2.13. The quantitative estimate of drug-likeness (QED) is 0.907. The van der Waals surface area contributed by atoms with Crippen molar-refractivity contribution in [1.29, 1.82) is 0 Å². The van der Waals surface area contributed by atoms with Crippen molar-refractivity contribution < 1.29 is 27.2 Å². The van der Waals surface area contributed by atoms with E-state index < -0.39 is 18.0 Å². The molecule has 0 unspecified atom stereocenters. The summed E-state index contributed by atoms with van der Waals surface area (Å²) in [6.07, 6.45) is -4.35. The van der Waals surface area contributed by atoms with Crippen molar-refractivity contribution in [2.45, 2.75) is 33.1 Å². The molecule has 124 valence electrons. The Balaban J connectivity index is 2.01. The third-order valence-electron chi connectivity index (χ3n) is 3.17. The molecule has 0 fully saturated rings. The molecule has 1 aromatic heterocycles. The number of hydrogen-bond acceptors (Lipinski definition) is 4. The van der Waals surface area contributed by atoms with Crippen LogP contribution in [0.15, 0.2) is 28.8 Å². The molecule has 0 saturated heterocycles. The number of nitrogens with one attached hydrogen (secondary N) is 1. The number of carbonyl (C=O) groups is 1. The van der Waals surface area contributed by atoms with Crippen molar-refractivity contribution in [3.63, 3.8) is 0 Å². The van der Waals surface area contributed by atoms with Gasteiger partial charge in [-0.25, -0.2) is 0 Å². The van der Waals surface area contributed by atoms with Crippen molar-refractivity contribution in [2.24, 2.45) is 0 Å². The van der Waals surface area contributed by atoms with Crippen LogP contribution in [-0.4, -0.2) is 17.4 Å². The number of halogens is 3. The minimum Gasteiger partial charge on any atom is -0.404 e. The van der Waals surface area contributed by atoms with Gasteiger partial charge in [0.15, 0.2) is 5.75 Å². The average Bonchev–Trinajstić information content (AvgIpc) is 2.76. The first-order valence-corrected chi connectivity index (χ1v) is 6.82. The molecule has 2 aromatic rings. The number of ether oxygens (including phenoxy) is 1. The molecule has 1 N–H and O–H groups in total. The predicted molar refractivity (Wildman–Crippen MR) is 76.1 cm³/mol. The van der Waals surface area contributed by atoms with Crippen LogP contribution in [0, 0.1) is 13.8 Å². The van der Waals surface area contributed by atoms with Crippen molar-refractivity contribution in [3.8, 4) is 5.75 Å². The number of hydrogen-bond donors (Lipinski definition) is 1. The highest BCUT2D eigenvalue weighted by atomic mass is 19.4. The lowest BCUT2D eigenvalue weighted by molar-refractivity contribution is -0.274. The van der Waals surface area contributed by atoms with Gasteiger partial charge in [-0.3, -0.25) is 4.79 Å². The number of anilines is 1. The Hall–Kier alpha value is -2.51. The van der Waals surface area contributed by atoms with Gasteiger partial charge < -0.3 is 14.6 Å². The highest BCUT2D eigenvalue weighted by Crippen LogP contribution is 2.30. The fourth-order valence-electron chi connectivity index (χ4n) is 2.09. The van der Waals surface area contributed by atoms with Crippen LogP contribution < -0.4 is 10.1 Å². The smallest absolute Gasteiger partial charge is 0.404 e. The number of amides is 1. The summed E-state index contributed by atoms with van der Waals surface area (Å²) in [5.74, 6) is -0.259. The third kappa shape index (κ3) is 4.73. The SMILES string of the molecule is Cc1noc(C)c1CCC(=O)Nc1ccccc1OC(F)(F)F. The highest BCUT2D eigenvalue weighted by molar-refractivity contribution is 5.92. The van der Waals surface area contributed by atoms with E-state index in [4.69, 9.17) is 4.52 Å². The zero-order valence-electron chi connectivity index (χ0n) is 12.5. The van der Waals surface area contributed by atoms with E-state index in [0.717, 1.165) is 11.6 Å². The summed E-state index contributed by atoms with van der Waals surface area (Å²) in [6, 6.07) is 5.38. The third-order valence-corrected chi connectivity index (χ3v) is 3.17. The summed E-state index contributed by atoms with van der Waals surface area (Å²) in [5.41, 5.74) is 1.48. The number of alkyl halides is 3. The molecule has 1 aromatic carbocycles. The second-order valence-corrected chi connectivity index (χ2v) is 4.89. The van der Waals surface area contributed by atoms with E-state index in [0.29, 0.717) is 17.9 Å². The largest absolute Gasteiger partial charge is 0.573 e. The summed E-state index contributed by atoms with van der Waals surface area (Å²) in [7, 11) is 0. The van der Waals surface area contributed by atoms with Gasteiger partial charge in [0.25, 0.3) is 0 Å². The average molecular weight is 328 g/mol. The van der Waals surface area contributed by atoms with E-state index in [1.54, 1.807) is 13.8 Å². The van der Waals surface area contributed by atoms with Gasteiger partial charge in [0.05, 0.1) is 11.4 Å². The molecule has 1 heterocycles. The topological polar surface area (TPSA) is 64.4 Å². The zero-order valence-corrected chi connectivity index (χ0v) is 12.5. The number of rotatable bonds is 5. The van der Waals surface area contributed by atoms with Crippen molar-refractivity contribution in [2.75, 3.05) is 5.32 Å². The second kappa shape index (κ2) is 6.72. The summed E-state index contributed by atoms with van der Waals surface area (Å²) >= 11 is 0. The van der Waals surface area contributed by atoms with Gasteiger partial charge in [-0.15, -0.1) is 13.2 Å². The molecule has 1 amide bonds. The maximum absolute atomic E-state index is 12.3. The Morgan fingerprint density at radius 3 is 2.61 bits per heavy atom. The first-order chi connectivity index (χ1) is 10.8. The van der Waals surface area contributed by atoms with E-state index in [9.17, 15) is 18.0 Å². The highest BCUT2D eigenvalue weighted by Gasteiger charge is 2.32. The number of nitrogens with zero attached hydrogens (tertiary/aromatic N) is 1. The molecule has 0 saturated carbocycles. The summed E-state index contributed by atoms with van der Waals surface area (Å²) < 4.78 is 45.9. The molecular weight excluding hydrogens is 313 g/mol. The monoisotopic (exact) mass is 328 g/mol. The number of aryl methyl sites for hydroxylation is 2. The summed E-state index contributed by atoms with van der Waals surface area (Å²) in [6.45, 7) is 3.50. The molecule has 0 radical (unpaired) electrons. The lowest BCUT2D eigenvalue weighted by Crippen LogP contribution is -2.19. The molecule has 0 spiro atoms. The van der Waals surface area contributed by atoms with E-state index in [-0.39, 0.29) is 12.1 Å². The minimum absolute atomic E-state index is 0.0337. The molecule has 23 heavy (non-hydrogen) atoms. The normalized spacial score (nSPS) is 11.3. The van der Waals surface area contributed by atoms with Crippen LogP contribution in [0.3, 0.4) is 0 Å². The van der Waals surface area contributed by atoms with E-state index in [2.05, 4.69) is 15.2 Å². The van der Waals surface area contributed by atoms with E-state index >= 15 is 0 Å². The van der Waals surface area contributed by atoms with Crippen LogP contribution >= 0.6 is 0 Å². The Bertz CT molecular complexity index is 676. The van der Waals surface area contributed by atoms with Gasteiger partial charge in [0, 0.05) is 12.0 Å². The zero-order chi connectivity index (χ0) is 17.0. The molecule has 5 nitrogen and oxygen atoms in total. The predicted octanol–water partition coefficient (Wildman–Crippen LogP) is 3.76. The molecule has 2 rings (SSSR count). The molecule has 0 aliphatic rings. The number of benzene rings is 1. The van der Waals surface area contributed by atoms with Crippen molar-refractivity contribution >= 4 is 11.6 Å². The van der Waals surface area contributed by atoms with Gasteiger partial charge in [-0.2, -0.15) is 0 Å². The molecule has 0 aliphatic heterocycles. The van der Waals surface area contributed by atoms with Gasteiger partial charge in [-0.1, -0.05) is 17.3 Å². The summed E-state index contributed by atoms with van der Waals surface area (Å²) in [5, 5.41) is 6.20. The van der Waals surface area contributed by atoms with Gasteiger partial charge in [0.2, 0.25) is 5.91 Å². The van der Waals surface area contributed by atoms with Crippen LogP contribution in [0.4, 0.5) is 18.9 Å². The fraction of sp³-hybridized carbons (Fsp3) is 0.333. The van der Waals surface area contributed by atoms with Crippen LogP contribution in [0.25, 0.3) is 0 Å². The Labute approximate surface area is 130 Å². The molecule has 0 aliphatic carbocycles. The van der Waals surface area contributed by atoms with E-state index in [1.165, 1.54) is 18.2 Å². The maximum atomic E-state index is 12.3. The fourth-order valence-corrected chi connectivity index (χ4v) is 2.09. The Kier molecular flexibility index (Phi) is 4.92. The second-order valence-electron chi connectivity index (χ2n) is 4.89. The molecule has 8 heteroatoms. The maximum Gasteiger partial charge on any atom is 0.573 e.